The fraction of sp³-hybridized carbons (Fsp3) is 0.259. The summed E-state index contributed by atoms with van der Waals surface area (Å²) in [6.07, 6.45) is 1.48. The number of rotatable bonds is 13. The molecule has 0 bridgehead atoms. The molecule has 9 N–H and O–H groups in total. The highest BCUT2D eigenvalue weighted by Gasteiger charge is 2.18. The van der Waals surface area contributed by atoms with Crippen molar-refractivity contribution < 1.29 is 24.2 Å². The lowest BCUT2D eigenvalue weighted by Gasteiger charge is -2.15. The highest BCUT2D eigenvalue weighted by Crippen LogP contribution is 2.26. The number of carbonyl (C=O) groups excluding carboxylic acids is 3. The van der Waals surface area contributed by atoms with E-state index in [0.29, 0.717) is 37.3 Å². The zero-order valence-electron chi connectivity index (χ0n) is 20.9. The van der Waals surface area contributed by atoms with E-state index in [9.17, 15) is 19.5 Å². The number of guanidine groups is 1. The molecule has 1 unspecified atom stereocenters. The van der Waals surface area contributed by atoms with Crippen molar-refractivity contribution in [2.24, 2.45) is 22.2 Å². The monoisotopic (exact) mass is 520 g/mol. The van der Waals surface area contributed by atoms with Gasteiger partial charge in [0.25, 0.3) is 5.91 Å². The number of nitrogens with two attached hydrogens (primary N) is 3. The lowest BCUT2D eigenvalue weighted by molar-refractivity contribution is -0.122. The molecule has 11 heteroatoms. The Morgan fingerprint density at radius 1 is 0.921 bits per heavy atom. The quantitative estimate of drug-likeness (QED) is 0.109. The summed E-state index contributed by atoms with van der Waals surface area (Å²) in [4.78, 5) is 40.4. The number of nitrogens with zero attached hydrogens (tertiary/aromatic N) is 1. The number of amides is 3. The Hall–Kier alpha value is -4.80. The van der Waals surface area contributed by atoms with Gasteiger partial charge in [0.05, 0.1) is 18.7 Å². The summed E-state index contributed by atoms with van der Waals surface area (Å²) < 4.78 is 5.90. The van der Waals surface area contributed by atoms with Crippen LogP contribution in [0.4, 0.5) is 0 Å². The van der Waals surface area contributed by atoms with Gasteiger partial charge in [-0.25, -0.2) is 4.99 Å². The molecular formula is C27H32N6O5. The Balaban J connectivity index is 1.53. The van der Waals surface area contributed by atoms with E-state index in [1.54, 1.807) is 24.3 Å². The normalized spacial score (nSPS) is 11.4. The van der Waals surface area contributed by atoms with E-state index >= 15 is 0 Å². The van der Waals surface area contributed by atoms with Crippen molar-refractivity contribution in [1.82, 2.24) is 10.6 Å². The van der Waals surface area contributed by atoms with Crippen LogP contribution in [-0.4, -0.2) is 54.5 Å². The van der Waals surface area contributed by atoms with Crippen LogP contribution >= 0.6 is 0 Å². The van der Waals surface area contributed by atoms with E-state index < -0.39 is 17.9 Å². The first-order valence-corrected chi connectivity index (χ1v) is 12.1. The number of fused-ring (bicyclic) bond motifs is 1. The van der Waals surface area contributed by atoms with Crippen LogP contribution in [0.2, 0.25) is 0 Å². The second-order valence-corrected chi connectivity index (χ2v) is 8.63. The maximum Gasteiger partial charge on any atom is 0.255 e. The van der Waals surface area contributed by atoms with Crippen LogP contribution in [0, 0.1) is 0 Å². The third kappa shape index (κ3) is 8.40. The topological polar surface area (TPSA) is 195 Å². The SMILES string of the molecule is NC(=O)CNC(=O)c1cc2ccccc2cc1OCCCCNC(=O)C(Cc1ccc(O)cc1)N=C(N)N. The van der Waals surface area contributed by atoms with Crippen molar-refractivity contribution in [2.45, 2.75) is 25.3 Å². The van der Waals surface area contributed by atoms with Crippen LogP contribution in [0.25, 0.3) is 10.8 Å². The summed E-state index contributed by atoms with van der Waals surface area (Å²) in [6, 6.07) is 16.7. The van der Waals surface area contributed by atoms with Gasteiger partial charge in [0.15, 0.2) is 5.96 Å². The van der Waals surface area contributed by atoms with Gasteiger partial charge in [0, 0.05) is 13.0 Å². The summed E-state index contributed by atoms with van der Waals surface area (Å²) in [5.41, 5.74) is 17.2. The minimum Gasteiger partial charge on any atom is -0.508 e. The molecule has 0 heterocycles. The van der Waals surface area contributed by atoms with Crippen LogP contribution in [0.5, 0.6) is 11.5 Å². The molecule has 200 valence electrons. The van der Waals surface area contributed by atoms with E-state index in [1.807, 2.05) is 24.3 Å². The molecule has 0 radical (unpaired) electrons. The van der Waals surface area contributed by atoms with Gasteiger partial charge in [-0.05, 0) is 53.4 Å². The maximum atomic E-state index is 12.7. The Kier molecular flexibility index (Phi) is 9.86. The van der Waals surface area contributed by atoms with Crippen molar-refractivity contribution in [3.63, 3.8) is 0 Å². The molecule has 0 saturated carbocycles. The Bertz CT molecular complexity index is 1310. The molecule has 0 spiro atoms. The summed E-state index contributed by atoms with van der Waals surface area (Å²) >= 11 is 0. The van der Waals surface area contributed by atoms with Gasteiger partial charge in [-0.1, -0.05) is 36.4 Å². The molecule has 0 aliphatic carbocycles. The average molecular weight is 521 g/mol. The molecule has 3 aromatic rings. The van der Waals surface area contributed by atoms with Crippen molar-refractivity contribution in [1.29, 1.82) is 0 Å². The predicted octanol–water partition coefficient (Wildman–Crippen LogP) is 0.920. The summed E-state index contributed by atoms with van der Waals surface area (Å²) in [7, 11) is 0. The number of phenolic OH excluding ortho intramolecular Hbond substituents is 1. The van der Waals surface area contributed by atoms with Gasteiger partial charge in [0.1, 0.15) is 17.5 Å². The summed E-state index contributed by atoms with van der Waals surface area (Å²) in [5, 5.41) is 16.5. The van der Waals surface area contributed by atoms with Crippen LogP contribution in [0.1, 0.15) is 28.8 Å². The Labute approximate surface area is 220 Å². The number of aromatic hydroxyl groups is 1. The lowest BCUT2D eigenvalue weighted by Crippen LogP contribution is -2.38. The Morgan fingerprint density at radius 2 is 1.61 bits per heavy atom. The molecule has 0 aliphatic heterocycles. The first kappa shape index (κ1) is 27.8. The number of primary amides is 1. The maximum absolute atomic E-state index is 12.7. The number of nitrogens with one attached hydrogen (secondary N) is 2. The molecule has 3 aromatic carbocycles. The van der Waals surface area contributed by atoms with Gasteiger partial charge in [0.2, 0.25) is 11.8 Å². The number of aliphatic imine (C=N–C) groups is 1. The number of benzene rings is 3. The van der Waals surface area contributed by atoms with Crippen LogP contribution < -0.4 is 32.6 Å². The van der Waals surface area contributed by atoms with E-state index in [-0.39, 0.29) is 30.6 Å². The standard InChI is InChI=1S/C27H32N6O5/c28-24(35)16-32-25(36)21-14-18-5-1-2-6-19(18)15-23(21)38-12-4-3-11-31-26(37)22(33-27(29)30)13-17-7-9-20(34)10-8-17/h1-2,5-10,14-15,22,34H,3-4,11-13,16H2,(H2,28,35)(H,31,37)(H,32,36)(H4,29,30,33). The second-order valence-electron chi connectivity index (χ2n) is 8.63. The van der Waals surface area contributed by atoms with E-state index in [1.165, 1.54) is 12.1 Å². The van der Waals surface area contributed by atoms with Crippen LogP contribution in [0.3, 0.4) is 0 Å². The first-order valence-electron chi connectivity index (χ1n) is 12.1. The largest absolute Gasteiger partial charge is 0.508 e. The number of hydrogen-bond acceptors (Lipinski definition) is 6. The molecule has 3 rings (SSSR count). The highest BCUT2D eigenvalue weighted by molar-refractivity contribution is 6.02. The van der Waals surface area contributed by atoms with Gasteiger partial charge in [-0.2, -0.15) is 0 Å². The molecule has 0 saturated heterocycles. The Morgan fingerprint density at radius 3 is 2.26 bits per heavy atom. The molecule has 1 atom stereocenters. The van der Waals surface area contributed by atoms with E-state index in [0.717, 1.165) is 16.3 Å². The smallest absolute Gasteiger partial charge is 0.255 e. The summed E-state index contributed by atoms with van der Waals surface area (Å²) in [6.45, 7) is 0.394. The molecule has 11 nitrogen and oxygen atoms in total. The fourth-order valence-electron chi connectivity index (χ4n) is 3.75. The molecule has 0 aromatic heterocycles. The van der Waals surface area contributed by atoms with Crippen molar-refractivity contribution in [3.05, 3.63) is 71.8 Å². The third-order valence-corrected chi connectivity index (χ3v) is 5.62. The zero-order valence-corrected chi connectivity index (χ0v) is 20.9. The number of carbonyl (C=O) groups is 3. The van der Waals surface area contributed by atoms with Crippen molar-refractivity contribution >= 4 is 34.5 Å². The molecule has 0 aliphatic rings. The lowest BCUT2D eigenvalue weighted by atomic mass is 10.1. The van der Waals surface area contributed by atoms with Gasteiger partial charge in [-0.15, -0.1) is 0 Å². The number of phenols is 1. The molecule has 3 amide bonds. The van der Waals surface area contributed by atoms with Gasteiger partial charge >= 0.3 is 0 Å². The number of unbranched alkanes of at least 4 members (excludes halogenated alkanes) is 1. The van der Waals surface area contributed by atoms with Crippen LogP contribution in [-0.2, 0) is 16.0 Å². The van der Waals surface area contributed by atoms with Crippen LogP contribution in [0.15, 0.2) is 65.7 Å². The fourth-order valence-corrected chi connectivity index (χ4v) is 3.75. The third-order valence-electron chi connectivity index (χ3n) is 5.62. The molecular weight excluding hydrogens is 488 g/mol. The minimum atomic E-state index is -0.806. The minimum absolute atomic E-state index is 0.126. The molecule has 0 fully saturated rings. The molecule has 38 heavy (non-hydrogen) atoms. The van der Waals surface area contributed by atoms with Gasteiger partial charge < -0.3 is 37.7 Å². The van der Waals surface area contributed by atoms with Crippen molar-refractivity contribution in [3.8, 4) is 11.5 Å². The average Bonchev–Trinajstić information content (AvgIpc) is 2.89. The predicted molar refractivity (Wildman–Crippen MR) is 145 cm³/mol. The number of ether oxygens (including phenoxy) is 1. The second kappa shape index (κ2) is 13.5. The van der Waals surface area contributed by atoms with Crippen molar-refractivity contribution in [2.75, 3.05) is 19.7 Å². The van der Waals surface area contributed by atoms with Gasteiger partial charge in [-0.3, -0.25) is 14.4 Å². The van der Waals surface area contributed by atoms with E-state index in [2.05, 4.69) is 15.6 Å². The summed E-state index contributed by atoms with van der Waals surface area (Å²) in [5.74, 6) is -1.11. The van der Waals surface area contributed by atoms with E-state index in [4.69, 9.17) is 21.9 Å². The first-order chi connectivity index (χ1) is 18.2. The zero-order chi connectivity index (χ0) is 27.5. The number of hydrogen-bond donors (Lipinski definition) is 6. The highest BCUT2D eigenvalue weighted by atomic mass is 16.5.